The number of hydrogen-bond acceptors (Lipinski definition) is 5. The smallest absolute Gasteiger partial charge is 0.225 e. The fraction of sp³-hybridized carbons (Fsp3) is 0.259. The van der Waals surface area contributed by atoms with Crippen molar-refractivity contribution >= 4 is 11.9 Å². The Morgan fingerprint density at radius 1 is 0.912 bits per heavy atom. The fourth-order valence-electron chi connectivity index (χ4n) is 4.45. The number of amides is 1. The van der Waals surface area contributed by atoms with Crippen molar-refractivity contribution in [1.29, 1.82) is 0 Å². The lowest BCUT2D eigenvalue weighted by atomic mass is 9.95. The van der Waals surface area contributed by atoms with E-state index in [4.69, 9.17) is 0 Å². The van der Waals surface area contributed by atoms with Gasteiger partial charge in [-0.25, -0.2) is 9.97 Å². The lowest BCUT2D eigenvalue weighted by Crippen LogP contribution is -2.41. The van der Waals surface area contributed by atoms with Gasteiger partial charge in [0.25, 0.3) is 0 Å². The summed E-state index contributed by atoms with van der Waals surface area (Å²) in [6.45, 7) is 2.86. The first-order valence-corrected chi connectivity index (χ1v) is 11.7. The molecule has 5 rings (SSSR count). The van der Waals surface area contributed by atoms with Crippen LogP contribution in [0.15, 0.2) is 85.5 Å². The largest absolute Gasteiger partial charge is 0.352 e. The zero-order valence-corrected chi connectivity index (χ0v) is 19.0. The van der Waals surface area contributed by atoms with E-state index in [1.807, 2.05) is 35.1 Å². The average molecular weight is 453 g/mol. The molecule has 0 spiro atoms. The second-order valence-electron chi connectivity index (χ2n) is 8.59. The summed E-state index contributed by atoms with van der Waals surface area (Å²) in [6, 6.07) is 20.6. The third-order valence-corrected chi connectivity index (χ3v) is 6.34. The van der Waals surface area contributed by atoms with Crippen molar-refractivity contribution in [2.45, 2.75) is 25.9 Å². The van der Waals surface area contributed by atoms with Crippen LogP contribution in [0.2, 0.25) is 0 Å². The van der Waals surface area contributed by atoms with Gasteiger partial charge in [-0.15, -0.1) is 0 Å². The molecule has 2 aromatic heterocycles. The minimum atomic E-state index is 0.0219. The van der Waals surface area contributed by atoms with Gasteiger partial charge in [0, 0.05) is 50.3 Å². The maximum Gasteiger partial charge on any atom is 0.225 e. The summed E-state index contributed by atoms with van der Waals surface area (Å²) in [4.78, 5) is 23.7. The Morgan fingerprint density at radius 3 is 2.41 bits per heavy atom. The summed E-state index contributed by atoms with van der Waals surface area (Å²) in [5.74, 6) is 0.887. The number of anilines is 1. The van der Waals surface area contributed by atoms with E-state index in [1.54, 1.807) is 18.6 Å². The topological polar surface area (TPSA) is 75.9 Å². The second-order valence-corrected chi connectivity index (χ2v) is 8.59. The number of carbonyl (C=O) groups is 1. The SMILES string of the molecule is O=C(NCc1ccccc1-c1ccc(Cn2cccn2)cc1)C1CCN(c2ncccn2)CC1. The Labute approximate surface area is 199 Å². The van der Waals surface area contributed by atoms with E-state index in [0.29, 0.717) is 6.54 Å². The molecule has 1 amide bonds. The molecule has 2 aromatic carbocycles. The summed E-state index contributed by atoms with van der Waals surface area (Å²) in [6.07, 6.45) is 8.88. The van der Waals surface area contributed by atoms with Crippen LogP contribution in [0.25, 0.3) is 11.1 Å². The lowest BCUT2D eigenvalue weighted by Gasteiger charge is -2.31. The van der Waals surface area contributed by atoms with Gasteiger partial charge in [-0.3, -0.25) is 9.48 Å². The van der Waals surface area contributed by atoms with Crippen LogP contribution in [0.4, 0.5) is 5.95 Å². The van der Waals surface area contributed by atoms with E-state index in [-0.39, 0.29) is 11.8 Å². The standard InChI is InChI=1S/C27H28N6O/c34-26(23-11-17-32(18-12-23)27-28-13-3-14-29-27)30-19-24-5-1-2-6-25(24)22-9-7-21(8-10-22)20-33-16-4-15-31-33/h1-10,13-16,23H,11-12,17-20H2,(H,30,34). The van der Waals surface area contributed by atoms with E-state index in [1.165, 1.54) is 5.56 Å². The zero-order chi connectivity index (χ0) is 23.2. The van der Waals surface area contributed by atoms with Crippen LogP contribution >= 0.6 is 0 Å². The summed E-state index contributed by atoms with van der Waals surface area (Å²) in [7, 11) is 0. The number of nitrogens with one attached hydrogen (secondary N) is 1. The van der Waals surface area contributed by atoms with E-state index >= 15 is 0 Å². The van der Waals surface area contributed by atoms with Crippen molar-refractivity contribution in [3.8, 4) is 11.1 Å². The number of hydrogen-bond donors (Lipinski definition) is 1. The minimum Gasteiger partial charge on any atom is -0.352 e. The van der Waals surface area contributed by atoms with Gasteiger partial charge in [-0.05, 0) is 47.2 Å². The molecule has 4 aromatic rings. The molecule has 7 nitrogen and oxygen atoms in total. The van der Waals surface area contributed by atoms with Gasteiger partial charge in [0.1, 0.15) is 0 Å². The highest BCUT2D eigenvalue weighted by Crippen LogP contribution is 2.25. The molecule has 0 atom stereocenters. The summed E-state index contributed by atoms with van der Waals surface area (Å²) in [5.41, 5.74) is 4.60. The molecule has 1 saturated heterocycles. The normalized spacial score (nSPS) is 14.2. The number of piperidine rings is 1. The molecule has 0 unspecified atom stereocenters. The fourth-order valence-corrected chi connectivity index (χ4v) is 4.45. The molecule has 34 heavy (non-hydrogen) atoms. The highest BCUT2D eigenvalue weighted by atomic mass is 16.1. The highest BCUT2D eigenvalue weighted by molar-refractivity contribution is 5.79. The van der Waals surface area contributed by atoms with Gasteiger partial charge in [0.15, 0.2) is 0 Å². The predicted octanol–water partition coefficient (Wildman–Crippen LogP) is 3.92. The van der Waals surface area contributed by atoms with Crippen molar-refractivity contribution < 1.29 is 4.79 Å². The van der Waals surface area contributed by atoms with Gasteiger partial charge in [0.2, 0.25) is 11.9 Å². The minimum absolute atomic E-state index is 0.0219. The van der Waals surface area contributed by atoms with Crippen molar-refractivity contribution in [2.75, 3.05) is 18.0 Å². The summed E-state index contributed by atoms with van der Waals surface area (Å²) in [5, 5.41) is 7.45. The van der Waals surface area contributed by atoms with Gasteiger partial charge >= 0.3 is 0 Å². The Balaban J connectivity index is 1.18. The molecule has 3 heterocycles. The maximum absolute atomic E-state index is 12.9. The Kier molecular flexibility index (Phi) is 6.61. The molecule has 0 radical (unpaired) electrons. The molecule has 0 saturated carbocycles. The molecule has 0 bridgehead atoms. The van der Waals surface area contributed by atoms with Crippen LogP contribution in [0.3, 0.4) is 0 Å². The number of carbonyl (C=O) groups excluding carboxylic acids is 1. The highest BCUT2D eigenvalue weighted by Gasteiger charge is 2.26. The molecule has 1 N–H and O–H groups in total. The Bertz CT molecular complexity index is 1200. The van der Waals surface area contributed by atoms with Crippen molar-refractivity contribution in [2.24, 2.45) is 5.92 Å². The summed E-state index contributed by atoms with van der Waals surface area (Å²) < 4.78 is 1.91. The van der Waals surface area contributed by atoms with Gasteiger partial charge in [-0.1, -0.05) is 48.5 Å². The molecule has 172 valence electrons. The first kappa shape index (κ1) is 21.8. The van der Waals surface area contributed by atoms with Crippen LogP contribution in [0.1, 0.15) is 24.0 Å². The number of nitrogens with zero attached hydrogens (tertiary/aromatic N) is 5. The van der Waals surface area contributed by atoms with E-state index < -0.39 is 0 Å². The molecular weight excluding hydrogens is 424 g/mol. The zero-order valence-electron chi connectivity index (χ0n) is 19.0. The van der Waals surface area contributed by atoms with Gasteiger partial charge in [-0.2, -0.15) is 5.10 Å². The maximum atomic E-state index is 12.9. The van der Waals surface area contributed by atoms with Crippen LogP contribution in [0, 0.1) is 5.92 Å². The molecule has 1 fully saturated rings. The van der Waals surface area contributed by atoms with Crippen molar-refractivity contribution in [3.63, 3.8) is 0 Å². The molecule has 7 heteroatoms. The number of aromatic nitrogens is 4. The van der Waals surface area contributed by atoms with E-state index in [0.717, 1.165) is 55.1 Å². The quantitative estimate of drug-likeness (QED) is 0.460. The van der Waals surface area contributed by atoms with E-state index in [9.17, 15) is 4.79 Å². The first-order chi connectivity index (χ1) is 16.8. The number of rotatable bonds is 7. The van der Waals surface area contributed by atoms with E-state index in [2.05, 4.69) is 61.7 Å². The average Bonchev–Trinajstić information content (AvgIpc) is 3.42. The second kappa shape index (κ2) is 10.3. The summed E-state index contributed by atoms with van der Waals surface area (Å²) >= 11 is 0. The third kappa shape index (κ3) is 5.14. The third-order valence-electron chi connectivity index (χ3n) is 6.34. The van der Waals surface area contributed by atoms with Crippen molar-refractivity contribution in [3.05, 3.63) is 96.6 Å². The monoisotopic (exact) mass is 452 g/mol. The van der Waals surface area contributed by atoms with Crippen molar-refractivity contribution in [1.82, 2.24) is 25.1 Å². The van der Waals surface area contributed by atoms with Gasteiger partial charge in [0.05, 0.1) is 6.54 Å². The molecule has 1 aliphatic heterocycles. The van der Waals surface area contributed by atoms with Crippen LogP contribution in [0.5, 0.6) is 0 Å². The molecule has 1 aliphatic rings. The van der Waals surface area contributed by atoms with Crippen LogP contribution < -0.4 is 10.2 Å². The lowest BCUT2D eigenvalue weighted by molar-refractivity contribution is -0.125. The number of benzene rings is 2. The first-order valence-electron chi connectivity index (χ1n) is 11.7. The molecular formula is C27H28N6O. The Hall–Kier alpha value is -4.00. The van der Waals surface area contributed by atoms with Gasteiger partial charge < -0.3 is 10.2 Å². The molecule has 0 aliphatic carbocycles. The van der Waals surface area contributed by atoms with Crippen LogP contribution in [-0.2, 0) is 17.9 Å². The Morgan fingerprint density at radius 2 is 1.68 bits per heavy atom. The predicted molar refractivity (Wildman–Crippen MR) is 132 cm³/mol. The van der Waals surface area contributed by atoms with Crippen LogP contribution in [-0.4, -0.2) is 38.7 Å².